The summed E-state index contributed by atoms with van der Waals surface area (Å²) in [6, 6.07) is 5.81. The van der Waals surface area contributed by atoms with Crippen molar-refractivity contribution in [1.29, 1.82) is 0 Å². The van der Waals surface area contributed by atoms with E-state index in [0.717, 1.165) is 41.5 Å². The predicted octanol–water partition coefficient (Wildman–Crippen LogP) is 4.79. The fourth-order valence-corrected chi connectivity index (χ4v) is 2.67. The molecule has 0 aromatic heterocycles. The molecule has 0 aliphatic rings. The number of rotatable bonds is 8. The van der Waals surface area contributed by atoms with Crippen molar-refractivity contribution in [3.63, 3.8) is 0 Å². The highest BCUT2D eigenvalue weighted by molar-refractivity contribution is 9.10. The smallest absolute Gasteiger partial charge is 0.140 e. The Morgan fingerprint density at radius 3 is 2.68 bits per heavy atom. The molecule has 0 amide bonds. The Balaban J connectivity index is 2.77. The van der Waals surface area contributed by atoms with Crippen molar-refractivity contribution in [1.82, 2.24) is 0 Å². The van der Waals surface area contributed by atoms with E-state index < -0.39 is 0 Å². The van der Waals surface area contributed by atoms with E-state index in [2.05, 4.69) is 29.8 Å². The minimum absolute atomic E-state index is 0.184. The Morgan fingerprint density at radius 1 is 1.37 bits per heavy atom. The minimum atomic E-state index is 0.184. The number of Topliss-reactive ketones (excluding diaryl/α,β-unsaturated/α-hetero) is 1. The van der Waals surface area contributed by atoms with Crippen molar-refractivity contribution in [2.24, 2.45) is 5.92 Å². The summed E-state index contributed by atoms with van der Waals surface area (Å²) in [7, 11) is 1.64. The average molecular weight is 327 g/mol. The summed E-state index contributed by atoms with van der Waals surface area (Å²) >= 11 is 3.44. The quantitative estimate of drug-likeness (QED) is 0.686. The van der Waals surface area contributed by atoms with Crippen LogP contribution in [0, 0.1) is 5.92 Å². The lowest BCUT2D eigenvalue weighted by Gasteiger charge is -2.15. The van der Waals surface area contributed by atoms with Gasteiger partial charge in [0.25, 0.3) is 0 Å². The minimum Gasteiger partial charge on any atom is -0.496 e. The molecule has 0 fully saturated rings. The first-order valence-electron chi connectivity index (χ1n) is 6.97. The molecule has 0 N–H and O–H groups in total. The van der Waals surface area contributed by atoms with Crippen molar-refractivity contribution < 1.29 is 9.53 Å². The summed E-state index contributed by atoms with van der Waals surface area (Å²) in [4.78, 5) is 12.4. The van der Waals surface area contributed by atoms with Gasteiger partial charge in [-0.2, -0.15) is 0 Å². The van der Waals surface area contributed by atoms with Gasteiger partial charge in [-0.1, -0.05) is 42.6 Å². The number of carbonyl (C=O) groups excluding carboxylic acids is 1. The number of carbonyl (C=O) groups is 1. The van der Waals surface area contributed by atoms with Crippen LogP contribution >= 0.6 is 15.9 Å². The van der Waals surface area contributed by atoms with Gasteiger partial charge < -0.3 is 4.74 Å². The maximum Gasteiger partial charge on any atom is 0.140 e. The summed E-state index contributed by atoms with van der Waals surface area (Å²) in [5, 5.41) is 0. The number of hydrogen-bond donors (Lipinski definition) is 0. The highest BCUT2D eigenvalue weighted by Crippen LogP contribution is 2.25. The Bertz CT molecular complexity index is 415. The van der Waals surface area contributed by atoms with Gasteiger partial charge in [0, 0.05) is 22.4 Å². The second kappa shape index (κ2) is 8.36. The number of halogens is 1. The van der Waals surface area contributed by atoms with Crippen LogP contribution in [-0.4, -0.2) is 12.9 Å². The molecule has 0 spiro atoms. The predicted molar refractivity (Wildman–Crippen MR) is 82.7 cm³/mol. The SMILES string of the molecule is CCCCC(CC)C(=O)Cc1cc(Br)ccc1OC. The summed E-state index contributed by atoms with van der Waals surface area (Å²) in [6.07, 6.45) is 4.66. The maximum absolute atomic E-state index is 12.4. The number of methoxy groups -OCH3 is 1. The highest BCUT2D eigenvalue weighted by atomic mass is 79.9. The third-order valence-corrected chi connectivity index (χ3v) is 3.95. The zero-order valence-corrected chi connectivity index (χ0v) is 13.6. The topological polar surface area (TPSA) is 26.3 Å². The van der Waals surface area contributed by atoms with Gasteiger partial charge in [-0.25, -0.2) is 0 Å². The number of ether oxygens (including phenoxy) is 1. The Morgan fingerprint density at radius 2 is 2.11 bits per heavy atom. The molecule has 0 heterocycles. The van der Waals surface area contributed by atoms with Gasteiger partial charge in [0.1, 0.15) is 11.5 Å². The van der Waals surface area contributed by atoms with Crippen LogP contribution in [0.1, 0.15) is 45.1 Å². The van der Waals surface area contributed by atoms with Crippen LogP contribution in [0.25, 0.3) is 0 Å². The number of ketones is 1. The third kappa shape index (κ3) is 4.98. The van der Waals surface area contributed by atoms with Crippen LogP contribution in [0.3, 0.4) is 0 Å². The van der Waals surface area contributed by atoms with Gasteiger partial charge in [0.05, 0.1) is 7.11 Å². The van der Waals surface area contributed by atoms with Crippen LogP contribution in [0.4, 0.5) is 0 Å². The molecule has 19 heavy (non-hydrogen) atoms. The third-order valence-electron chi connectivity index (χ3n) is 3.46. The van der Waals surface area contributed by atoms with E-state index in [9.17, 15) is 4.79 Å². The highest BCUT2D eigenvalue weighted by Gasteiger charge is 2.18. The molecule has 1 aromatic carbocycles. The molecule has 0 saturated heterocycles. The zero-order chi connectivity index (χ0) is 14.3. The normalized spacial score (nSPS) is 12.2. The largest absolute Gasteiger partial charge is 0.496 e. The van der Waals surface area contributed by atoms with E-state index in [1.807, 2.05) is 18.2 Å². The second-order valence-corrected chi connectivity index (χ2v) is 5.76. The van der Waals surface area contributed by atoms with Crippen LogP contribution in [-0.2, 0) is 11.2 Å². The van der Waals surface area contributed by atoms with Crippen LogP contribution in [0.15, 0.2) is 22.7 Å². The molecular weight excluding hydrogens is 304 g/mol. The lowest BCUT2D eigenvalue weighted by molar-refractivity contribution is -0.122. The Kier molecular flexibility index (Phi) is 7.14. The molecular formula is C16H23BrO2. The Labute approximate surface area is 124 Å². The molecule has 0 aliphatic carbocycles. The molecule has 2 nitrogen and oxygen atoms in total. The van der Waals surface area contributed by atoms with E-state index in [1.165, 1.54) is 0 Å². The standard InChI is InChI=1S/C16H23BrO2/c1-4-6-7-12(5-2)15(18)11-13-10-14(17)8-9-16(13)19-3/h8-10,12H,4-7,11H2,1-3H3. The van der Waals surface area contributed by atoms with Crippen LogP contribution in [0.2, 0.25) is 0 Å². The molecule has 106 valence electrons. The van der Waals surface area contributed by atoms with Crippen molar-refractivity contribution in [3.8, 4) is 5.75 Å². The average Bonchev–Trinajstić information content (AvgIpc) is 2.40. The lowest BCUT2D eigenvalue weighted by Crippen LogP contribution is -2.16. The molecule has 3 heteroatoms. The van der Waals surface area contributed by atoms with E-state index >= 15 is 0 Å². The van der Waals surface area contributed by atoms with Gasteiger partial charge in [-0.05, 0) is 31.0 Å². The first-order valence-corrected chi connectivity index (χ1v) is 7.76. The maximum atomic E-state index is 12.4. The van der Waals surface area contributed by atoms with E-state index in [-0.39, 0.29) is 5.92 Å². The van der Waals surface area contributed by atoms with Crippen molar-refractivity contribution in [2.75, 3.05) is 7.11 Å². The number of benzene rings is 1. The second-order valence-electron chi connectivity index (χ2n) is 4.85. The lowest BCUT2D eigenvalue weighted by atomic mass is 9.91. The van der Waals surface area contributed by atoms with E-state index in [0.29, 0.717) is 12.2 Å². The summed E-state index contributed by atoms with van der Waals surface area (Å²) in [5.74, 6) is 1.30. The number of unbranched alkanes of at least 4 members (excludes halogenated alkanes) is 1. The molecule has 0 aliphatic heterocycles. The van der Waals surface area contributed by atoms with Gasteiger partial charge in [-0.3, -0.25) is 4.79 Å². The number of hydrogen-bond acceptors (Lipinski definition) is 2. The van der Waals surface area contributed by atoms with Crippen LogP contribution in [0.5, 0.6) is 5.75 Å². The monoisotopic (exact) mass is 326 g/mol. The molecule has 0 bridgehead atoms. The van der Waals surface area contributed by atoms with Gasteiger partial charge >= 0.3 is 0 Å². The Hall–Kier alpha value is -0.830. The van der Waals surface area contributed by atoms with Gasteiger partial charge in [0.15, 0.2) is 0 Å². The molecule has 1 unspecified atom stereocenters. The molecule has 1 aromatic rings. The fourth-order valence-electron chi connectivity index (χ4n) is 2.26. The summed E-state index contributed by atoms with van der Waals surface area (Å²) in [5.41, 5.74) is 0.969. The molecule has 0 saturated carbocycles. The molecule has 1 atom stereocenters. The van der Waals surface area contributed by atoms with Crippen molar-refractivity contribution >= 4 is 21.7 Å². The zero-order valence-electron chi connectivity index (χ0n) is 12.0. The van der Waals surface area contributed by atoms with Gasteiger partial charge in [0.2, 0.25) is 0 Å². The first kappa shape index (κ1) is 16.2. The summed E-state index contributed by atoms with van der Waals surface area (Å²) < 4.78 is 6.31. The molecule has 1 rings (SSSR count). The van der Waals surface area contributed by atoms with E-state index in [4.69, 9.17) is 4.74 Å². The first-order chi connectivity index (χ1) is 9.12. The van der Waals surface area contributed by atoms with Gasteiger partial charge in [-0.15, -0.1) is 0 Å². The van der Waals surface area contributed by atoms with Crippen molar-refractivity contribution in [2.45, 2.75) is 46.0 Å². The van der Waals surface area contributed by atoms with E-state index in [1.54, 1.807) is 7.11 Å². The summed E-state index contributed by atoms with van der Waals surface area (Å²) in [6.45, 7) is 4.25. The van der Waals surface area contributed by atoms with Crippen LogP contribution < -0.4 is 4.74 Å². The fraction of sp³-hybridized carbons (Fsp3) is 0.562. The molecule has 0 radical (unpaired) electrons. The van der Waals surface area contributed by atoms with Crippen molar-refractivity contribution in [3.05, 3.63) is 28.2 Å².